The molecule has 0 unspecified atom stereocenters. The molecule has 1 atom stereocenters. The first kappa shape index (κ1) is 12.0. The van der Waals surface area contributed by atoms with E-state index in [1.807, 2.05) is 0 Å². The number of nitrogens with one attached hydrogen (secondary N) is 1. The van der Waals surface area contributed by atoms with E-state index in [2.05, 4.69) is 10.3 Å². The number of rotatable bonds is 5. The van der Waals surface area contributed by atoms with E-state index >= 15 is 0 Å². The highest BCUT2D eigenvalue weighted by Gasteiger charge is 2.05. The van der Waals surface area contributed by atoms with E-state index in [0.717, 1.165) is 0 Å². The van der Waals surface area contributed by atoms with Crippen LogP contribution < -0.4 is 10.1 Å². The van der Waals surface area contributed by atoms with Crippen molar-refractivity contribution < 1.29 is 19.4 Å². The third-order valence-corrected chi connectivity index (χ3v) is 1.75. The summed E-state index contributed by atoms with van der Waals surface area (Å²) >= 11 is 0. The number of amides is 1. The lowest BCUT2D eigenvalue weighted by atomic mass is 10.3. The van der Waals surface area contributed by atoms with Gasteiger partial charge < -0.3 is 15.2 Å². The molecule has 1 aromatic heterocycles. The van der Waals surface area contributed by atoms with Crippen molar-refractivity contribution in [1.29, 1.82) is 0 Å². The summed E-state index contributed by atoms with van der Waals surface area (Å²) in [5.74, 6) is 0.490. The fourth-order valence-corrected chi connectivity index (χ4v) is 1.02. The van der Waals surface area contributed by atoms with Gasteiger partial charge in [-0.15, -0.1) is 0 Å². The SMILES string of the molecule is C[C@@H](COc1ccc(C=O)nc1)NC(=O)O. The van der Waals surface area contributed by atoms with Gasteiger partial charge in [0.1, 0.15) is 18.1 Å². The Kier molecular flexibility index (Phi) is 4.26. The van der Waals surface area contributed by atoms with Crippen LogP contribution >= 0.6 is 0 Å². The van der Waals surface area contributed by atoms with E-state index < -0.39 is 6.09 Å². The highest BCUT2D eigenvalue weighted by Crippen LogP contribution is 2.08. The van der Waals surface area contributed by atoms with E-state index in [0.29, 0.717) is 17.7 Å². The van der Waals surface area contributed by atoms with Gasteiger partial charge in [0, 0.05) is 0 Å². The number of hydrogen-bond donors (Lipinski definition) is 2. The first-order chi connectivity index (χ1) is 7.61. The van der Waals surface area contributed by atoms with E-state index in [1.54, 1.807) is 13.0 Å². The predicted octanol–water partition coefficient (Wildman–Crippen LogP) is 0.929. The number of carboxylic acid groups (broad SMARTS) is 1. The van der Waals surface area contributed by atoms with Crippen LogP contribution in [0.1, 0.15) is 17.4 Å². The largest absolute Gasteiger partial charge is 0.490 e. The van der Waals surface area contributed by atoms with Crippen LogP contribution in [0.4, 0.5) is 4.79 Å². The van der Waals surface area contributed by atoms with Gasteiger partial charge in [0.15, 0.2) is 6.29 Å². The Morgan fingerprint density at radius 2 is 2.44 bits per heavy atom. The fourth-order valence-electron chi connectivity index (χ4n) is 1.02. The number of carbonyl (C=O) groups excluding carboxylic acids is 1. The summed E-state index contributed by atoms with van der Waals surface area (Å²) in [5, 5.41) is 10.7. The van der Waals surface area contributed by atoms with E-state index in [-0.39, 0.29) is 12.6 Å². The molecule has 0 saturated carbocycles. The number of pyridine rings is 1. The summed E-state index contributed by atoms with van der Waals surface area (Å²) in [6, 6.07) is 2.81. The lowest BCUT2D eigenvalue weighted by Crippen LogP contribution is -2.35. The Balaban J connectivity index is 2.42. The molecule has 2 N–H and O–H groups in total. The Morgan fingerprint density at radius 3 is 2.94 bits per heavy atom. The molecule has 1 rings (SSSR count). The third-order valence-electron chi connectivity index (χ3n) is 1.75. The van der Waals surface area contributed by atoms with Crippen LogP contribution in [0.15, 0.2) is 18.3 Å². The molecular formula is C10H12N2O4. The molecular weight excluding hydrogens is 212 g/mol. The second kappa shape index (κ2) is 5.69. The summed E-state index contributed by atoms with van der Waals surface area (Å²) < 4.78 is 5.26. The maximum Gasteiger partial charge on any atom is 0.404 e. The van der Waals surface area contributed by atoms with Crippen LogP contribution in [-0.4, -0.2) is 35.1 Å². The maximum absolute atomic E-state index is 10.3. The van der Waals surface area contributed by atoms with Crippen molar-refractivity contribution in [2.75, 3.05) is 6.61 Å². The van der Waals surface area contributed by atoms with Crippen molar-refractivity contribution in [3.8, 4) is 5.75 Å². The topological polar surface area (TPSA) is 88.5 Å². The molecule has 6 nitrogen and oxygen atoms in total. The molecule has 16 heavy (non-hydrogen) atoms. The van der Waals surface area contributed by atoms with Crippen molar-refractivity contribution >= 4 is 12.4 Å². The maximum atomic E-state index is 10.3. The van der Waals surface area contributed by atoms with Gasteiger partial charge in [-0.1, -0.05) is 0 Å². The minimum Gasteiger partial charge on any atom is -0.490 e. The normalized spacial score (nSPS) is 11.6. The fraction of sp³-hybridized carbons (Fsp3) is 0.300. The summed E-state index contributed by atoms with van der Waals surface area (Å²) in [6.07, 6.45) is 0.959. The Labute approximate surface area is 92.3 Å². The minimum absolute atomic E-state index is 0.203. The zero-order valence-corrected chi connectivity index (χ0v) is 8.71. The van der Waals surface area contributed by atoms with Crippen molar-refractivity contribution in [2.45, 2.75) is 13.0 Å². The van der Waals surface area contributed by atoms with Gasteiger partial charge >= 0.3 is 6.09 Å². The Bertz CT molecular complexity index is 364. The van der Waals surface area contributed by atoms with Gasteiger partial charge in [-0.05, 0) is 19.1 Å². The standard InChI is InChI=1S/C10H12N2O4/c1-7(12-10(14)15)6-16-9-3-2-8(5-13)11-4-9/h2-5,7,12H,6H2,1H3,(H,14,15)/t7-/m0/s1. The van der Waals surface area contributed by atoms with Crippen LogP contribution in [0.5, 0.6) is 5.75 Å². The molecule has 1 heterocycles. The summed E-state index contributed by atoms with van der Waals surface area (Å²) in [5.41, 5.74) is 0.323. The molecule has 0 fully saturated rings. The van der Waals surface area contributed by atoms with Crippen molar-refractivity contribution in [3.05, 3.63) is 24.0 Å². The van der Waals surface area contributed by atoms with Crippen molar-refractivity contribution in [1.82, 2.24) is 10.3 Å². The van der Waals surface area contributed by atoms with Gasteiger partial charge in [-0.25, -0.2) is 9.78 Å². The second-order valence-electron chi connectivity index (χ2n) is 3.20. The van der Waals surface area contributed by atoms with Crippen molar-refractivity contribution in [2.24, 2.45) is 0 Å². The summed E-state index contributed by atoms with van der Waals surface area (Å²) in [4.78, 5) is 24.4. The summed E-state index contributed by atoms with van der Waals surface area (Å²) in [6.45, 7) is 1.88. The Hall–Kier alpha value is -2.11. The zero-order valence-electron chi connectivity index (χ0n) is 8.71. The highest BCUT2D eigenvalue weighted by atomic mass is 16.5. The lowest BCUT2D eigenvalue weighted by molar-refractivity contribution is 0.111. The van der Waals surface area contributed by atoms with Crippen LogP contribution in [0.25, 0.3) is 0 Å². The molecule has 0 bridgehead atoms. The van der Waals surface area contributed by atoms with Gasteiger partial charge in [0.2, 0.25) is 0 Å². The van der Waals surface area contributed by atoms with Crippen LogP contribution in [-0.2, 0) is 0 Å². The molecule has 0 aliphatic carbocycles. The Morgan fingerprint density at radius 1 is 1.69 bits per heavy atom. The first-order valence-corrected chi connectivity index (χ1v) is 4.65. The second-order valence-corrected chi connectivity index (χ2v) is 3.20. The zero-order chi connectivity index (χ0) is 12.0. The molecule has 0 spiro atoms. The van der Waals surface area contributed by atoms with E-state index in [4.69, 9.17) is 9.84 Å². The predicted molar refractivity (Wildman–Crippen MR) is 55.7 cm³/mol. The van der Waals surface area contributed by atoms with Crippen LogP contribution in [0, 0.1) is 0 Å². The van der Waals surface area contributed by atoms with Crippen molar-refractivity contribution in [3.63, 3.8) is 0 Å². The number of aldehydes is 1. The minimum atomic E-state index is -1.09. The van der Waals surface area contributed by atoms with E-state index in [1.165, 1.54) is 12.3 Å². The number of nitrogens with zero attached hydrogens (tertiary/aromatic N) is 1. The lowest BCUT2D eigenvalue weighted by Gasteiger charge is -2.12. The molecule has 86 valence electrons. The van der Waals surface area contributed by atoms with Crippen LogP contribution in [0.3, 0.4) is 0 Å². The number of aromatic nitrogens is 1. The third kappa shape index (κ3) is 3.95. The highest BCUT2D eigenvalue weighted by molar-refractivity contribution is 5.71. The van der Waals surface area contributed by atoms with E-state index in [9.17, 15) is 9.59 Å². The smallest absolute Gasteiger partial charge is 0.404 e. The molecule has 1 amide bonds. The van der Waals surface area contributed by atoms with Gasteiger partial charge in [-0.2, -0.15) is 0 Å². The quantitative estimate of drug-likeness (QED) is 0.726. The molecule has 0 radical (unpaired) electrons. The molecule has 0 aromatic carbocycles. The molecule has 0 aliphatic heterocycles. The number of carbonyl (C=O) groups is 2. The average Bonchev–Trinajstić information content (AvgIpc) is 2.26. The summed E-state index contributed by atoms with van der Waals surface area (Å²) in [7, 11) is 0. The monoisotopic (exact) mass is 224 g/mol. The first-order valence-electron chi connectivity index (χ1n) is 4.65. The van der Waals surface area contributed by atoms with Gasteiger partial charge in [0.25, 0.3) is 0 Å². The number of hydrogen-bond acceptors (Lipinski definition) is 4. The molecule has 0 saturated heterocycles. The number of ether oxygens (including phenoxy) is 1. The molecule has 0 aliphatic rings. The van der Waals surface area contributed by atoms with Gasteiger partial charge in [-0.3, -0.25) is 4.79 Å². The van der Waals surface area contributed by atoms with Crippen LogP contribution in [0.2, 0.25) is 0 Å². The van der Waals surface area contributed by atoms with Gasteiger partial charge in [0.05, 0.1) is 12.2 Å². The molecule has 1 aromatic rings. The average molecular weight is 224 g/mol. The molecule has 6 heteroatoms.